The fourth-order valence-corrected chi connectivity index (χ4v) is 5.71. The van der Waals surface area contributed by atoms with E-state index in [9.17, 15) is 34.8 Å². The van der Waals surface area contributed by atoms with Crippen molar-refractivity contribution < 1.29 is 34.8 Å². The minimum absolute atomic E-state index is 0. The van der Waals surface area contributed by atoms with Crippen LogP contribution in [0.1, 0.15) is 17.5 Å². The van der Waals surface area contributed by atoms with Gasteiger partial charge in [0.2, 0.25) is 5.78 Å². The fraction of sp³-hybridized carbons (Fsp3) is 0.435. The molecule has 8 N–H and O–H groups in total. The van der Waals surface area contributed by atoms with Crippen molar-refractivity contribution in [2.75, 3.05) is 38.8 Å². The van der Waals surface area contributed by atoms with Crippen LogP contribution in [0.15, 0.2) is 23.0 Å². The highest BCUT2D eigenvalue weighted by molar-refractivity contribution is 6.24. The molecular weight excluding hydrogens is 480 g/mol. The number of carbonyl (C=O) groups excluding carboxylic acids is 3. The van der Waals surface area contributed by atoms with Crippen molar-refractivity contribution in [3.05, 3.63) is 34.1 Å². The van der Waals surface area contributed by atoms with Gasteiger partial charge in [0.1, 0.15) is 22.8 Å². The van der Waals surface area contributed by atoms with Crippen LogP contribution in [-0.4, -0.2) is 82.6 Å². The van der Waals surface area contributed by atoms with Crippen LogP contribution < -0.4 is 16.4 Å². The molecule has 0 saturated heterocycles. The number of benzene rings is 1. The number of hydrogen-bond acceptors (Lipinski definition) is 10. The molecule has 0 aromatic heterocycles. The lowest BCUT2D eigenvalue weighted by Crippen LogP contribution is -2.65. The third kappa shape index (κ3) is 3.37. The first-order valence-electron chi connectivity index (χ1n) is 10.7. The van der Waals surface area contributed by atoms with Crippen molar-refractivity contribution >= 4 is 47.0 Å². The van der Waals surface area contributed by atoms with Crippen LogP contribution in [0.5, 0.6) is 5.75 Å². The Labute approximate surface area is 207 Å². The lowest BCUT2D eigenvalue weighted by atomic mass is 9.57. The number of aliphatic hydroxyl groups is 3. The van der Waals surface area contributed by atoms with Crippen molar-refractivity contribution in [2.24, 2.45) is 17.6 Å². The summed E-state index contributed by atoms with van der Waals surface area (Å²) in [7, 11) is 6.64. The van der Waals surface area contributed by atoms with E-state index in [0.29, 0.717) is 11.3 Å². The highest BCUT2D eigenvalue weighted by Crippen LogP contribution is 2.54. The quantitative estimate of drug-likeness (QED) is 0.184. The van der Waals surface area contributed by atoms with E-state index in [1.807, 2.05) is 0 Å². The molecule has 3 aliphatic carbocycles. The smallest absolute Gasteiger partial charge is 0.255 e. The number of amides is 1. The number of nitrogens with two attached hydrogens (primary N) is 2. The second-order valence-corrected chi connectivity index (χ2v) is 9.54. The van der Waals surface area contributed by atoms with Gasteiger partial charge < -0.3 is 36.8 Å². The van der Waals surface area contributed by atoms with Crippen LogP contribution >= 0.6 is 12.4 Å². The van der Waals surface area contributed by atoms with Gasteiger partial charge >= 0.3 is 0 Å². The molecule has 0 spiro atoms. The number of phenols is 1. The summed E-state index contributed by atoms with van der Waals surface area (Å²) in [5, 5.41) is 44.2. The van der Waals surface area contributed by atoms with Crippen LogP contribution in [0.3, 0.4) is 0 Å². The molecule has 4 rings (SSSR count). The number of anilines is 2. The number of nitrogens with zero attached hydrogens (tertiary/aromatic N) is 2. The summed E-state index contributed by atoms with van der Waals surface area (Å²) in [6.07, 6.45) is 0.236. The van der Waals surface area contributed by atoms with E-state index in [4.69, 9.17) is 11.5 Å². The van der Waals surface area contributed by atoms with E-state index in [2.05, 4.69) is 0 Å². The molecule has 1 amide bonds. The molecule has 0 heterocycles. The summed E-state index contributed by atoms with van der Waals surface area (Å²) < 4.78 is 0. The summed E-state index contributed by atoms with van der Waals surface area (Å²) in [5.41, 5.74) is 8.68. The number of nitrogen functional groups attached to an aromatic ring is 1. The van der Waals surface area contributed by atoms with Gasteiger partial charge in [-0.3, -0.25) is 19.3 Å². The van der Waals surface area contributed by atoms with Gasteiger partial charge in [-0.15, -0.1) is 12.4 Å². The summed E-state index contributed by atoms with van der Waals surface area (Å²) in [4.78, 5) is 42.0. The Morgan fingerprint density at radius 1 is 1.14 bits per heavy atom. The number of Topliss-reactive ketones (excluding diaryl/α,β-unsaturated/α-hetero) is 2. The molecule has 0 unspecified atom stereocenters. The van der Waals surface area contributed by atoms with E-state index < -0.39 is 63.8 Å². The van der Waals surface area contributed by atoms with Crippen molar-refractivity contribution in [3.8, 4) is 5.75 Å². The number of halogens is 1. The summed E-state index contributed by atoms with van der Waals surface area (Å²) >= 11 is 0. The zero-order valence-electron chi connectivity index (χ0n) is 19.7. The van der Waals surface area contributed by atoms with Gasteiger partial charge in [-0.25, -0.2) is 0 Å². The van der Waals surface area contributed by atoms with Crippen molar-refractivity contribution in [1.82, 2.24) is 4.90 Å². The molecule has 1 aromatic rings. The van der Waals surface area contributed by atoms with Gasteiger partial charge in [0, 0.05) is 31.3 Å². The van der Waals surface area contributed by atoms with Gasteiger partial charge in [-0.2, -0.15) is 0 Å². The van der Waals surface area contributed by atoms with E-state index in [-0.39, 0.29) is 42.1 Å². The predicted molar refractivity (Wildman–Crippen MR) is 130 cm³/mol. The monoisotopic (exact) mass is 508 g/mol. The number of fused-ring (bicyclic) bond motifs is 3. The van der Waals surface area contributed by atoms with Crippen molar-refractivity contribution in [3.63, 3.8) is 0 Å². The van der Waals surface area contributed by atoms with Gasteiger partial charge in [0.25, 0.3) is 5.91 Å². The average molecular weight is 509 g/mol. The van der Waals surface area contributed by atoms with E-state index >= 15 is 0 Å². The maximum Gasteiger partial charge on any atom is 0.255 e. The molecule has 11 nitrogen and oxygen atoms in total. The zero-order valence-corrected chi connectivity index (χ0v) is 20.5. The molecule has 0 aliphatic heterocycles. The first kappa shape index (κ1) is 26.3. The van der Waals surface area contributed by atoms with Crippen LogP contribution in [-0.2, 0) is 20.8 Å². The van der Waals surface area contributed by atoms with Crippen LogP contribution in [0, 0.1) is 11.8 Å². The van der Waals surface area contributed by atoms with Crippen LogP contribution in [0.2, 0.25) is 0 Å². The van der Waals surface area contributed by atoms with Crippen molar-refractivity contribution in [2.45, 2.75) is 24.5 Å². The second-order valence-electron chi connectivity index (χ2n) is 9.54. The number of aromatic hydroxyl groups is 1. The lowest BCUT2D eigenvalue weighted by Gasteiger charge is -2.50. The number of primary amides is 1. The van der Waals surface area contributed by atoms with Crippen molar-refractivity contribution in [1.29, 1.82) is 0 Å². The van der Waals surface area contributed by atoms with Crippen LogP contribution in [0.25, 0.3) is 5.76 Å². The summed E-state index contributed by atoms with van der Waals surface area (Å²) in [5.74, 6) is -6.95. The Morgan fingerprint density at radius 3 is 2.26 bits per heavy atom. The van der Waals surface area contributed by atoms with Crippen LogP contribution in [0.4, 0.5) is 11.4 Å². The maximum atomic E-state index is 13.7. The molecule has 3 aliphatic rings. The lowest BCUT2D eigenvalue weighted by molar-refractivity contribution is -0.153. The first-order chi connectivity index (χ1) is 15.7. The molecule has 0 bridgehead atoms. The van der Waals surface area contributed by atoms with Gasteiger partial charge in [-0.1, -0.05) is 0 Å². The number of aliphatic hydroxyl groups excluding tert-OH is 2. The predicted octanol–water partition coefficient (Wildman–Crippen LogP) is 0.0340. The zero-order chi connectivity index (χ0) is 25.4. The maximum absolute atomic E-state index is 13.7. The Bertz CT molecular complexity index is 1220. The SMILES string of the molecule is CN(C)c1cc(N)c(O)c2c1C[C@H]1C[C@@H]3[C@H](N(C)C)C(=O)C(C(N)=O)=C(O)[C@@]3(O)C(=O)C1=C2O.Cl. The fourth-order valence-electron chi connectivity index (χ4n) is 5.71. The minimum Gasteiger partial charge on any atom is -0.508 e. The number of likely N-dealkylation sites (N-methyl/N-ethyl adjacent to an activating group) is 1. The number of hydrogen-bond donors (Lipinski definition) is 6. The molecule has 0 radical (unpaired) electrons. The molecule has 1 aromatic carbocycles. The molecule has 4 atom stereocenters. The van der Waals surface area contributed by atoms with Gasteiger partial charge in [0.15, 0.2) is 11.4 Å². The third-order valence-electron chi connectivity index (χ3n) is 7.21. The molecule has 1 fully saturated rings. The Kier molecular flexibility index (Phi) is 6.34. The Balaban J connectivity index is 0.00000342. The normalized spacial score (nSPS) is 27.8. The topological polar surface area (TPSA) is 191 Å². The highest BCUT2D eigenvalue weighted by atomic mass is 35.5. The highest BCUT2D eigenvalue weighted by Gasteiger charge is 2.64. The summed E-state index contributed by atoms with van der Waals surface area (Å²) in [6.45, 7) is 0. The Hall–Kier alpha value is -3.28. The summed E-state index contributed by atoms with van der Waals surface area (Å²) in [6, 6.07) is 0.444. The largest absolute Gasteiger partial charge is 0.508 e. The number of rotatable bonds is 3. The number of phenolic OH excluding ortho intramolecular Hbond substituents is 1. The first-order valence-corrected chi connectivity index (χ1v) is 10.7. The third-order valence-corrected chi connectivity index (χ3v) is 7.21. The number of carbonyl (C=O) groups is 3. The molecule has 1 saturated carbocycles. The second kappa shape index (κ2) is 8.43. The molecule has 12 heteroatoms. The standard InChI is InChI=1S/C23H28N4O7.ClH/c1-26(2)12-7-11(24)17(28)14-9(12)5-8-6-10-16(27(3)4)19(30)15(22(25)33)21(32)23(10,34)20(31)13(8)18(14)29;/h7-8,10,16,28-29,32,34H,5-6,24H2,1-4H3,(H2,25,33);1H/t8-,10+,16-,23-;/m0./s1. The molecule has 35 heavy (non-hydrogen) atoms. The van der Waals surface area contributed by atoms with E-state index in [1.165, 1.54) is 4.90 Å². The van der Waals surface area contributed by atoms with E-state index in [0.717, 1.165) is 0 Å². The average Bonchev–Trinajstić information content (AvgIpc) is 2.72. The molecule has 190 valence electrons. The van der Waals surface area contributed by atoms with Gasteiger partial charge in [-0.05, 0) is 44.5 Å². The number of ketones is 2. The minimum atomic E-state index is -2.66. The molecular formula is C23H29ClN4O7. The van der Waals surface area contributed by atoms with E-state index in [1.54, 1.807) is 39.2 Å². The Morgan fingerprint density at radius 2 is 1.74 bits per heavy atom. The van der Waals surface area contributed by atoms with Gasteiger partial charge in [0.05, 0.1) is 17.3 Å².